The molecule has 4 rings (SSSR count). The van der Waals surface area contributed by atoms with Gasteiger partial charge in [-0.15, -0.1) is 0 Å². The molecule has 5 nitrogen and oxygen atoms in total. The topological polar surface area (TPSA) is 66.5 Å². The van der Waals surface area contributed by atoms with E-state index < -0.39 is 5.91 Å². The Kier molecular flexibility index (Phi) is 5.56. The summed E-state index contributed by atoms with van der Waals surface area (Å²) in [6.45, 7) is 4.06. The number of carbonyl (C=O) groups excluding carboxylic acids is 1. The van der Waals surface area contributed by atoms with Crippen molar-refractivity contribution in [3.05, 3.63) is 71.4 Å². The van der Waals surface area contributed by atoms with Crippen molar-refractivity contribution >= 4 is 5.91 Å². The minimum atomic E-state index is -0.403. The maximum Gasteiger partial charge on any atom is 0.250 e. The Morgan fingerprint density at radius 3 is 2.55 bits per heavy atom. The maximum absolute atomic E-state index is 12.0. The van der Waals surface area contributed by atoms with Crippen molar-refractivity contribution in [2.75, 3.05) is 13.2 Å². The van der Waals surface area contributed by atoms with Gasteiger partial charge in [0, 0.05) is 29.9 Å². The summed E-state index contributed by atoms with van der Waals surface area (Å²) in [5.74, 6) is 1.11. The van der Waals surface area contributed by atoms with Crippen LogP contribution in [0.3, 0.4) is 0 Å². The first-order valence-electron chi connectivity index (χ1n) is 10.1. The van der Waals surface area contributed by atoms with Gasteiger partial charge in [0.05, 0.1) is 18.8 Å². The van der Waals surface area contributed by atoms with Gasteiger partial charge in [-0.3, -0.25) is 4.79 Å². The molecule has 2 N–H and O–H groups in total. The van der Waals surface area contributed by atoms with Crippen LogP contribution in [-0.4, -0.2) is 23.7 Å². The van der Waals surface area contributed by atoms with Crippen molar-refractivity contribution < 1.29 is 14.3 Å². The van der Waals surface area contributed by atoms with E-state index in [0.29, 0.717) is 18.8 Å². The highest BCUT2D eigenvalue weighted by Crippen LogP contribution is 2.35. The summed E-state index contributed by atoms with van der Waals surface area (Å²) in [6.07, 6.45) is 2.81. The molecule has 0 saturated carbocycles. The Morgan fingerprint density at radius 2 is 1.79 bits per heavy atom. The third-order valence-electron chi connectivity index (χ3n) is 5.37. The first-order chi connectivity index (χ1) is 14.1. The molecule has 0 radical (unpaired) electrons. The van der Waals surface area contributed by atoms with E-state index in [-0.39, 0.29) is 0 Å². The van der Waals surface area contributed by atoms with Crippen LogP contribution in [0.15, 0.2) is 54.6 Å². The van der Waals surface area contributed by atoms with Crippen LogP contribution in [0.5, 0.6) is 11.5 Å². The average Bonchev–Trinajstić information content (AvgIpc) is 2.90. The summed E-state index contributed by atoms with van der Waals surface area (Å²) in [6, 6.07) is 18.3. The number of nitrogens with zero attached hydrogens (tertiary/aromatic N) is 1. The van der Waals surface area contributed by atoms with Crippen LogP contribution in [0.2, 0.25) is 0 Å². The normalized spacial score (nSPS) is 13.1. The summed E-state index contributed by atoms with van der Waals surface area (Å²) in [7, 11) is 0. The molecule has 0 bridgehead atoms. The molecule has 5 heteroatoms. The van der Waals surface area contributed by atoms with Crippen LogP contribution in [0, 0.1) is 6.92 Å². The van der Waals surface area contributed by atoms with E-state index in [0.717, 1.165) is 54.3 Å². The van der Waals surface area contributed by atoms with Gasteiger partial charge in [0.2, 0.25) is 0 Å². The molecule has 0 aliphatic carbocycles. The van der Waals surface area contributed by atoms with Gasteiger partial charge < -0.3 is 19.8 Å². The molecule has 2 aromatic carbocycles. The predicted octanol–water partition coefficient (Wildman–Crippen LogP) is 4.36. The van der Waals surface area contributed by atoms with Crippen molar-refractivity contribution in [2.45, 2.75) is 32.7 Å². The van der Waals surface area contributed by atoms with E-state index in [4.69, 9.17) is 15.2 Å². The third-order valence-corrected chi connectivity index (χ3v) is 5.37. The summed E-state index contributed by atoms with van der Waals surface area (Å²) < 4.78 is 13.8. The van der Waals surface area contributed by atoms with Crippen LogP contribution in [0.1, 0.15) is 34.5 Å². The van der Waals surface area contributed by atoms with Crippen molar-refractivity contribution in [2.24, 2.45) is 5.73 Å². The summed E-state index contributed by atoms with van der Waals surface area (Å²) in [4.78, 5) is 12.0. The van der Waals surface area contributed by atoms with Crippen LogP contribution >= 0.6 is 0 Å². The van der Waals surface area contributed by atoms with Gasteiger partial charge in [-0.2, -0.15) is 0 Å². The quantitative estimate of drug-likeness (QED) is 0.680. The van der Waals surface area contributed by atoms with Crippen LogP contribution in [0.25, 0.3) is 11.3 Å². The number of carbonyl (C=O) groups is 1. The van der Waals surface area contributed by atoms with E-state index >= 15 is 0 Å². The minimum Gasteiger partial charge on any atom is -0.490 e. The molecule has 0 spiro atoms. The van der Waals surface area contributed by atoms with Gasteiger partial charge in [0.1, 0.15) is 0 Å². The zero-order valence-corrected chi connectivity index (χ0v) is 16.7. The van der Waals surface area contributed by atoms with Crippen molar-refractivity contribution in [1.82, 2.24) is 4.57 Å². The number of primary amides is 1. The lowest BCUT2D eigenvalue weighted by Crippen LogP contribution is -2.12. The number of aryl methyl sites for hydroxylation is 1. The number of benzene rings is 2. The second kappa shape index (κ2) is 8.43. The molecule has 0 fully saturated rings. The number of rotatable bonds is 6. The van der Waals surface area contributed by atoms with Gasteiger partial charge in [-0.05, 0) is 49.6 Å². The number of aromatic nitrogens is 1. The van der Waals surface area contributed by atoms with E-state index in [9.17, 15) is 4.79 Å². The summed E-state index contributed by atoms with van der Waals surface area (Å²) in [5, 5.41) is 0. The van der Waals surface area contributed by atoms with Crippen molar-refractivity contribution in [3.63, 3.8) is 0 Å². The standard InChI is InChI=1S/C24H26N2O3/c1-17-20(24(25)27)16-21(26(17)12-5-9-18-7-3-2-4-8-18)19-10-11-22-23(15-19)29-14-6-13-28-22/h2-4,7-8,10-11,15-16H,5-6,9,12-14H2,1H3,(H2,25,27). The van der Waals surface area contributed by atoms with Crippen LogP contribution < -0.4 is 15.2 Å². The molecular weight excluding hydrogens is 364 g/mol. The Hall–Kier alpha value is -3.21. The highest BCUT2D eigenvalue weighted by Gasteiger charge is 2.19. The zero-order chi connectivity index (χ0) is 20.2. The largest absolute Gasteiger partial charge is 0.490 e. The smallest absolute Gasteiger partial charge is 0.250 e. The fourth-order valence-electron chi connectivity index (χ4n) is 3.83. The fourth-order valence-corrected chi connectivity index (χ4v) is 3.83. The molecule has 1 aliphatic heterocycles. The predicted molar refractivity (Wildman–Crippen MR) is 113 cm³/mol. The Labute approximate surface area is 171 Å². The van der Waals surface area contributed by atoms with Gasteiger partial charge in [-0.1, -0.05) is 30.3 Å². The monoisotopic (exact) mass is 390 g/mol. The number of amides is 1. The molecule has 1 amide bonds. The first kappa shape index (κ1) is 19.1. The molecule has 0 atom stereocenters. The van der Waals surface area contributed by atoms with Crippen LogP contribution in [0.4, 0.5) is 0 Å². The minimum absolute atomic E-state index is 0.403. The van der Waals surface area contributed by atoms with Crippen LogP contribution in [-0.2, 0) is 13.0 Å². The molecule has 29 heavy (non-hydrogen) atoms. The molecule has 2 heterocycles. The Morgan fingerprint density at radius 1 is 1.03 bits per heavy atom. The second-order valence-electron chi connectivity index (χ2n) is 7.35. The van der Waals surface area contributed by atoms with Crippen molar-refractivity contribution in [1.29, 1.82) is 0 Å². The first-order valence-corrected chi connectivity index (χ1v) is 10.1. The summed E-state index contributed by atoms with van der Waals surface area (Å²) >= 11 is 0. The highest BCUT2D eigenvalue weighted by atomic mass is 16.5. The molecular formula is C24H26N2O3. The molecule has 1 aromatic heterocycles. The Bertz CT molecular complexity index is 1010. The average molecular weight is 390 g/mol. The van der Waals surface area contributed by atoms with Gasteiger partial charge >= 0.3 is 0 Å². The Balaban J connectivity index is 1.64. The number of ether oxygens (including phenoxy) is 2. The van der Waals surface area contributed by atoms with Gasteiger partial charge in [-0.25, -0.2) is 0 Å². The number of fused-ring (bicyclic) bond motifs is 1. The molecule has 150 valence electrons. The fraction of sp³-hybridized carbons (Fsp3) is 0.292. The van der Waals surface area contributed by atoms with E-state index in [2.05, 4.69) is 28.8 Å². The van der Waals surface area contributed by atoms with Gasteiger partial charge in [0.25, 0.3) is 5.91 Å². The SMILES string of the molecule is Cc1c(C(N)=O)cc(-c2ccc3c(c2)OCCCO3)n1CCCc1ccccc1. The lowest BCUT2D eigenvalue weighted by atomic mass is 10.1. The summed E-state index contributed by atoms with van der Waals surface area (Å²) in [5.41, 5.74) is 10.4. The maximum atomic E-state index is 12.0. The molecule has 1 aliphatic rings. The third kappa shape index (κ3) is 4.14. The number of hydrogen-bond acceptors (Lipinski definition) is 3. The highest BCUT2D eigenvalue weighted by molar-refractivity contribution is 5.95. The zero-order valence-electron chi connectivity index (χ0n) is 16.7. The van der Waals surface area contributed by atoms with E-state index in [1.807, 2.05) is 37.3 Å². The van der Waals surface area contributed by atoms with Crippen molar-refractivity contribution in [3.8, 4) is 22.8 Å². The van der Waals surface area contributed by atoms with E-state index in [1.165, 1.54) is 5.56 Å². The number of hydrogen-bond donors (Lipinski definition) is 1. The lowest BCUT2D eigenvalue weighted by Gasteiger charge is -2.14. The van der Waals surface area contributed by atoms with Gasteiger partial charge in [0.15, 0.2) is 11.5 Å². The molecule has 3 aromatic rings. The molecule has 0 saturated heterocycles. The van der Waals surface area contributed by atoms with E-state index in [1.54, 1.807) is 0 Å². The second-order valence-corrected chi connectivity index (χ2v) is 7.35. The lowest BCUT2D eigenvalue weighted by molar-refractivity contribution is 0.0999. The number of nitrogens with two attached hydrogens (primary N) is 1. The molecule has 0 unspecified atom stereocenters.